The molecule has 2 heterocycles. The second-order valence-electron chi connectivity index (χ2n) is 4.13. The van der Waals surface area contributed by atoms with Gasteiger partial charge >= 0.3 is 0 Å². The monoisotopic (exact) mass is 236 g/mol. The first-order valence-electron chi connectivity index (χ1n) is 5.57. The Balaban J connectivity index is 1.65. The molecule has 1 aromatic rings. The third-order valence-electron chi connectivity index (χ3n) is 2.65. The number of nitrogens with one attached hydrogen (secondary N) is 2. The van der Waals surface area contributed by atoms with Gasteiger partial charge in [-0.1, -0.05) is 6.07 Å². The van der Waals surface area contributed by atoms with Gasteiger partial charge in [0.15, 0.2) is 0 Å². The van der Waals surface area contributed by atoms with Crippen LogP contribution in [0.4, 0.5) is 5.82 Å². The van der Waals surface area contributed by atoms with Crippen LogP contribution < -0.4 is 10.9 Å². The molecule has 0 unspecified atom stereocenters. The summed E-state index contributed by atoms with van der Waals surface area (Å²) in [5, 5.41) is 8.84. The molecule has 0 radical (unpaired) electrons. The number of hydrogen-bond donors (Lipinski definition) is 3. The van der Waals surface area contributed by atoms with Gasteiger partial charge in [-0.15, -0.1) is 0 Å². The molecule has 0 spiro atoms. The molecule has 3 N–H and O–H groups in total. The Morgan fingerprint density at radius 2 is 2.35 bits per heavy atom. The van der Waals surface area contributed by atoms with Crippen molar-refractivity contribution in [2.75, 3.05) is 31.7 Å². The number of aliphatic hydroxyl groups excluding tert-OH is 1. The van der Waals surface area contributed by atoms with E-state index in [1.54, 1.807) is 12.3 Å². The van der Waals surface area contributed by atoms with Crippen LogP contribution in [0.1, 0.15) is 0 Å². The number of hydrogen-bond acceptors (Lipinski definition) is 5. The number of anilines is 1. The van der Waals surface area contributed by atoms with E-state index in [9.17, 15) is 4.79 Å². The van der Waals surface area contributed by atoms with Crippen molar-refractivity contribution in [3.8, 4) is 0 Å². The fourth-order valence-corrected chi connectivity index (χ4v) is 1.73. The summed E-state index contributed by atoms with van der Waals surface area (Å²) in [5.74, 6) is 0.830. The minimum absolute atomic E-state index is 0.105. The topological polar surface area (TPSA) is 77.5 Å². The van der Waals surface area contributed by atoms with E-state index in [0.29, 0.717) is 18.3 Å². The minimum atomic E-state index is -0.105. The van der Waals surface area contributed by atoms with E-state index < -0.39 is 0 Å². The molecule has 1 fully saturated rings. The first kappa shape index (κ1) is 11.8. The number of amides is 1. The Kier molecular flexibility index (Phi) is 3.89. The van der Waals surface area contributed by atoms with Gasteiger partial charge in [-0.05, 0) is 12.1 Å². The number of likely N-dealkylation sites (tertiary alicyclic amines) is 1. The highest BCUT2D eigenvalue weighted by Gasteiger charge is 2.27. The Labute approximate surface area is 99.6 Å². The summed E-state index contributed by atoms with van der Waals surface area (Å²) < 4.78 is 0. The van der Waals surface area contributed by atoms with Crippen LogP contribution in [0.5, 0.6) is 0 Å². The van der Waals surface area contributed by atoms with Crippen molar-refractivity contribution in [2.45, 2.75) is 0 Å². The largest absolute Gasteiger partial charge is 0.396 e. The Morgan fingerprint density at radius 1 is 1.53 bits per heavy atom. The van der Waals surface area contributed by atoms with E-state index in [0.717, 1.165) is 13.1 Å². The van der Waals surface area contributed by atoms with Crippen LogP contribution in [0, 0.1) is 5.92 Å². The van der Waals surface area contributed by atoms with Crippen molar-refractivity contribution in [3.63, 3.8) is 0 Å². The Morgan fingerprint density at radius 3 is 3.00 bits per heavy atom. The molecular weight excluding hydrogens is 220 g/mol. The van der Waals surface area contributed by atoms with Gasteiger partial charge in [0.2, 0.25) is 0 Å². The lowest BCUT2D eigenvalue weighted by molar-refractivity contribution is -0.123. The molecule has 2 rings (SSSR count). The van der Waals surface area contributed by atoms with Crippen LogP contribution in [0.2, 0.25) is 0 Å². The van der Waals surface area contributed by atoms with Crippen LogP contribution in [0.3, 0.4) is 0 Å². The molecule has 0 aromatic carbocycles. The number of nitrogens with zero attached hydrogens (tertiary/aromatic N) is 2. The van der Waals surface area contributed by atoms with Crippen LogP contribution in [0.25, 0.3) is 0 Å². The van der Waals surface area contributed by atoms with Gasteiger partial charge in [0, 0.05) is 31.8 Å². The highest BCUT2D eigenvalue weighted by atomic mass is 16.3. The average molecular weight is 236 g/mol. The molecular formula is C11H16N4O2. The van der Waals surface area contributed by atoms with Gasteiger partial charge in [0.05, 0.1) is 6.54 Å². The molecule has 1 saturated heterocycles. The van der Waals surface area contributed by atoms with Crippen molar-refractivity contribution < 1.29 is 9.90 Å². The van der Waals surface area contributed by atoms with Gasteiger partial charge in [-0.25, -0.2) is 4.98 Å². The standard InChI is InChI=1S/C11H16N4O2/c16-8-9-5-15(6-9)7-11(17)14-13-10-3-1-2-4-12-10/h1-4,9,16H,5-8H2,(H,12,13)(H,14,17). The van der Waals surface area contributed by atoms with E-state index in [2.05, 4.69) is 15.8 Å². The van der Waals surface area contributed by atoms with Crippen LogP contribution in [-0.2, 0) is 4.79 Å². The number of carbonyl (C=O) groups is 1. The molecule has 1 amide bonds. The lowest BCUT2D eigenvalue weighted by Gasteiger charge is -2.37. The lowest BCUT2D eigenvalue weighted by Crippen LogP contribution is -2.52. The molecule has 6 heteroatoms. The second kappa shape index (κ2) is 5.60. The van der Waals surface area contributed by atoms with Crippen molar-refractivity contribution in [3.05, 3.63) is 24.4 Å². The quantitative estimate of drug-likeness (QED) is 0.598. The molecule has 0 saturated carbocycles. The Hall–Kier alpha value is -1.66. The van der Waals surface area contributed by atoms with Crippen LogP contribution >= 0.6 is 0 Å². The maximum absolute atomic E-state index is 11.5. The number of pyridine rings is 1. The van der Waals surface area contributed by atoms with E-state index >= 15 is 0 Å². The summed E-state index contributed by atoms with van der Waals surface area (Å²) in [6.45, 7) is 2.11. The van der Waals surface area contributed by atoms with Gasteiger partial charge in [0.25, 0.3) is 5.91 Å². The first-order chi connectivity index (χ1) is 8.28. The van der Waals surface area contributed by atoms with Gasteiger partial charge in [0.1, 0.15) is 5.82 Å². The second-order valence-corrected chi connectivity index (χ2v) is 4.13. The predicted octanol–water partition coefficient (Wildman–Crippen LogP) is -0.551. The fourth-order valence-electron chi connectivity index (χ4n) is 1.73. The normalized spacial score (nSPS) is 16.3. The van der Waals surface area contributed by atoms with Crippen molar-refractivity contribution in [1.82, 2.24) is 15.3 Å². The summed E-state index contributed by atoms with van der Waals surface area (Å²) in [6.07, 6.45) is 1.65. The van der Waals surface area contributed by atoms with Gasteiger partial charge in [-0.2, -0.15) is 0 Å². The molecule has 17 heavy (non-hydrogen) atoms. The molecule has 6 nitrogen and oxygen atoms in total. The van der Waals surface area contributed by atoms with Crippen LogP contribution in [0.15, 0.2) is 24.4 Å². The zero-order valence-electron chi connectivity index (χ0n) is 9.47. The zero-order chi connectivity index (χ0) is 12.1. The van der Waals surface area contributed by atoms with E-state index in [1.165, 1.54) is 0 Å². The van der Waals surface area contributed by atoms with Gasteiger partial charge < -0.3 is 5.11 Å². The van der Waals surface area contributed by atoms with E-state index in [-0.39, 0.29) is 12.5 Å². The van der Waals surface area contributed by atoms with Crippen molar-refractivity contribution >= 4 is 11.7 Å². The number of aromatic nitrogens is 1. The van der Waals surface area contributed by atoms with Crippen LogP contribution in [-0.4, -0.2) is 47.1 Å². The maximum atomic E-state index is 11.5. The fraction of sp³-hybridized carbons (Fsp3) is 0.455. The summed E-state index contributed by atoms with van der Waals surface area (Å²) in [4.78, 5) is 17.5. The molecule has 1 aromatic heterocycles. The third kappa shape index (κ3) is 3.40. The average Bonchev–Trinajstić information content (AvgIpc) is 2.32. The molecule has 0 atom stereocenters. The summed E-state index contributed by atoms with van der Waals surface area (Å²) in [5.41, 5.74) is 5.31. The molecule has 1 aliphatic rings. The number of hydrazine groups is 1. The highest BCUT2D eigenvalue weighted by molar-refractivity contribution is 5.79. The first-order valence-corrected chi connectivity index (χ1v) is 5.57. The summed E-state index contributed by atoms with van der Waals surface area (Å²) in [7, 11) is 0. The maximum Gasteiger partial charge on any atom is 0.252 e. The SMILES string of the molecule is O=C(CN1CC(CO)C1)NNc1ccccn1. The summed E-state index contributed by atoms with van der Waals surface area (Å²) in [6, 6.07) is 5.41. The molecule has 1 aliphatic heterocycles. The Bertz CT molecular complexity index is 365. The third-order valence-corrected chi connectivity index (χ3v) is 2.65. The smallest absolute Gasteiger partial charge is 0.252 e. The molecule has 0 aliphatic carbocycles. The lowest BCUT2D eigenvalue weighted by atomic mass is 10.0. The van der Waals surface area contributed by atoms with E-state index in [1.807, 2.05) is 17.0 Å². The highest BCUT2D eigenvalue weighted by Crippen LogP contribution is 2.13. The number of carbonyl (C=O) groups excluding carboxylic acids is 1. The zero-order valence-corrected chi connectivity index (χ0v) is 9.47. The van der Waals surface area contributed by atoms with Crippen molar-refractivity contribution in [2.24, 2.45) is 5.92 Å². The predicted molar refractivity (Wildman–Crippen MR) is 63.0 cm³/mol. The number of rotatable bonds is 5. The minimum Gasteiger partial charge on any atom is -0.396 e. The number of aliphatic hydroxyl groups is 1. The van der Waals surface area contributed by atoms with E-state index in [4.69, 9.17) is 5.11 Å². The molecule has 92 valence electrons. The summed E-state index contributed by atoms with van der Waals surface area (Å²) >= 11 is 0. The van der Waals surface area contributed by atoms with Crippen molar-refractivity contribution in [1.29, 1.82) is 0 Å². The van der Waals surface area contributed by atoms with Gasteiger partial charge in [-0.3, -0.25) is 20.5 Å². The molecule has 0 bridgehead atoms.